The van der Waals surface area contributed by atoms with Crippen LogP contribution in [-0.4, -0.2) is 26.8 Å². The average Bonchev–Trinajstić information content (AvgIpc) is 2.62. The molecule has 0 bridgehead atoms. The second-order valence-electron chi connectivity index (χ2n) is 7.85. The number of hydrogen-bond donors (Lipinski definition) is 0. The zero-order valence-electron chi connectivity index (χ0n) is 17.6. The Bertz CT molecular complexity index is 357. The smallest absolute Gasteiger partial charge is 0.330 e. The highest BCUT2D eigenvalue weighted by Gasteiger charge is 2.14. The molecule has 0 heterocycles. The number of carbonyl (C=O) groups excluding carboxylic acids is 1. The Morgan fingerprint density at radius 1 is 0.741 bits per heavy atom. The van der Waals surface area contributed by atoms with Crippen molar-refractivity contribution in [1.29, 1.82) is 0 Å². The van der Waals surface area contributed by atoms with E-state index in [9.17, 15) is 4.79 Å². The van der Waals surface area contributed by atoms with Crippen molar-refractivity contribution in [3.8, 4) is 0 Å². The van der Waals surface area contributed by atoms with E-state index >= 15 is 0 Å². The van der Waals surface area contributed by atoms with Crippen molar-refractivity contribution >= 4 is 39.4 Å². The van der Waals surface area contributed by atoms with Crippen LogP contribution in [0, 0.1) is 0 Å². The van der Waals surface area contributed by atoms with Crippen LogP contribution < -0.4 is 0 Å². The maximum absolute atomic E-state index is 10.9. The summed E-state index contributed by atoms with van der Waals surface area (Å²) < 4.78 is 4.56. The molecule has 0 fully saturated rings. The summed E-state index contributed by atoms with van der Waals surface area (Å²) in [4.78, 5) is 10.9. The first-order chi connectivity index (χ1) is 13.0. The van der Waals surface area contributed by atoms with Crippen molar-refractivity contribution in [2.45, 2.75) is 113 Å². The van der Waals surface area contributed by atoms with Crippen LogP contribution >= 0.6 is 23.2 Å². The summed E-state index contributed by atoms with van der Waals surface area (Å²) >= 11 is 12.1. The summed E-state index contributed by atoms with van der Waals surface area (Å²) in [7, 11) is 0.862. The largest absolute Gasteiger partial charge is 0.463 e. The number of unbranched alkanes of at least 4 members (excludes halogenated alkanes) is 15. The van der Waals surface area contributed by atoms with Crippen LogP contribution in [0.25, 0.3) is 0 Å². The third-order valence-electron chi connectivity index (χ3n) is 4.92. The first-order valence-corrected chi connectivity index (χ1v) is 12.9. The van der Waals surface area contributed by atoms with E-state index in [1.54, 1.807) is 0 Å². The first-order valence-electron chi connectivity index (χ1n) is 11.1. The molecule has 160 valence electrons. The Morgan fingerprint density at radius 2 is 1.07 bits per heavy atom. The summed E-state index contributed by atoms with van der Waals surface area (Å²) in [6, 6.07) is 0. The minimum Gasteiger partial charge on any atom is -0.463 e. The Morgan fingerprint density at radius 3 is 1.41 bits per heavy atom. The molecule has 0 unspecified atom stereocenters. The van der Waals surface area contributed by atoms with Gasteiger partial charge in [0.05, 0.1) is 10.6 Å². The van der Waals surface area contributed by atoms with Crippen molar-refractivity contribution in [2.24, 2.45) is 0 Å². The summed E-state index contributed by atoms with van der Waals surface area (Å²) in [6.07, 6.45) is 23.1. The van der Waals surface area contributed by atoms with E-state index in [0.29, 0.717) is 6.61 Å². The van der Waals surface area contributed by atoms with Gasteiger partial charge in [-0.1, -0.05) is 103 Å². The van der Waals surface area contributed by atoms with Gasteiger partial charge in [0.1, 0.15) is 0 Å². The standard InChI is InChI=1S/C22H42Cl2O2Si/c1-2-21(25)26-20-18-16-14-12-10-8-6-4-3-5-7-9-11-13-15-17-19-22(23,24)27/h2H,1,3-20H2,27H3. The van der Waals surface area contributed by atoms with Crippen LogP contribution in [0.4, 0.5) is 0 Å². The lowest BCUT2D eigenvalue weighted by molar-refractivity contribution is -0.137. The van der Waals surface area contributed by atoms with Gasteiger partial charge in [0, 0.05) is 16.3 Å². The van der Waals surface area contributed by atoms with Gasteiger partial charge >= 0.3 is 5.97 Å². The lowest BCUT2D eigenvalue weighted by Gasteiger charge is -2.12. The minimum absolute atomic E-state index is 0.307. The molecule has 27 heavy (non-hydrogen) atoms. The Kier molecular flexibility index (Phi) is 19.3. The van der Waals surface area contributed by atoms with Gasteiger partial charge in [-0.3, -0.25) is 0 Å². The zero-order chi connectivity index (χ0) is 20.2. The van der Waals surface area contributed by atoms with Gasteiger partial charge < -0.3 is 4.74 Å². The van der Waals surface area contributed by atoms with Crippen LogP contribution in [0.2, 0.25) is 0 Å². The number of alkyl halides is 2. The number of halogens is 2. The van der Waals surface area contributed by atoms with Gasteiger partial charge in [0.2, 0.25) is 0 Å². The van der Waals surface area contributed by atoms with Gasteiger partial charge in [0.25, 0.3) is 0 Å². The molecule has 0 aromatic carbocycles. The second kappa shape index (κ2) is 19.3. The van der Waals surface area contributed by atoms with E-state index in [1.807, 2.05) is 0 Å². The minimum atomic E-state index is -0.401. The molecular weight excluding hydrogens is 395 g/mol. The van der Waals surface area contributed by atoms with Gasteiger partial charge in [-0.2, -0.15) is 0 Å². The van der Waals surface area contributed by atoms with Crippen LogP contribution in [0.5, 0.6) is 0 Å². The van der Waals surface area contributed by atoms with Gasteiger partial charge in [-0.05, 0) is 12.8 Å². The summed E-state index contributed by atoms with van der Waals surface area (Å²) in [5.41, 5.74) is 0. The summed E-state index contributed by atoms with van der Waals surface area (Å²) in [5, 5.41) is 0. The maximum Gasteiger partial charge on any atom is 0.330 e. The average molecular weight is 438 g/mol. The molecule has 0 spiro atoms. The monoisotopic (exact) mass is 436 g/mol. The quantitative estimate of drug-likeness (QED) is 0.0685. The second-order valence-corrected chi connectivity index (χ2v) is 12.7. The third-order valence-corrected chi connectivity index (χ3v) is 5.80. The number of rotatable bonds is 20. The molecule has 0 aliphatic rings. The van der Waals surface area contributed by atoms with Gasteiger partial charge in [0.15, 0.2) is 0 Å². The van der Waals surface area contributed by atoms with Gasteiger partial charge in [-0.15, -0.1) is 23.2 Å². The summed E-state index contributed by atoms with van der Waals surface area (Å²) in [5.74, 6) is -0.307. The molecule has 0 saturated heterocycles. The molecule has 2 nitrogen and oxygen atoms in total. The number of esters is 1. The highest BCUT2D eigenvalue weighted by atomic mass is 35.5. The van der Waals surface area contributed by atoms with Crippen LogP contribution in [0.15, 0.2) is 12.7 Å². The molecule has 0 saturated carbocycles. The highest BCUT2D eigenvalue weighted by Crippen LogP contribution is 2.24. The van der Waals surface area contributed by atoms with E-state index in [0.717, 1.165) is 29.5 Å². The van der Waals surface area contributed by atoms with Crippen molar-refractivity contribution < 1.29 is 9.53 Å². The predicted molar refractivity (Wildman–Crippen MR) is 124 cm³/mol. The Labute approximate surface area is 181 Å². The highest BCUT2D eigenvalue weighted by molar-refractivity contribution is 6.65. The molecule has 0 N–H and O–H groups in total. The molecule has 0 rings (SSSR count). The fraction of sp³-hybridized carbons (Fsp3) is 0.864. The van der Waals surface area contributed by atoms with E-state index in [4.69, 9.17) is 27.9 Å². The van der Waals surface area contributed by atoms with Crippen molar-refractivity contribution in [3.63, 3.8) is 0 Å². The molecule has 0 atom stereocenters. The molecule has 0 amide bonds. The Balaban J connectivity index is 3.07. The SMILES string of the molecule is C=CC(=O)OCCCCCCCCCCCCCCCCCCC([SiH3])(Cl)Cl. The van der Waals surface area contributed by atoms with Crippen molar-refractivity contribution in [3.05, 3.63) is 12.7 Å². The zero-order valence-corrected chi connectivity index (χ0v) is 21.1. The van der Waals surface area contributed by atoms with E-state index in [2.05, 4.69) is 6.58 Å². The Hall–Kier alpha value is 0.00688. The molecule has 0 radical (unpaired) electrons. The molecule has 0 aromatic rings. The molecule has 5 heteroatoms. The van der Waals surface area contributed by atoms with E-state index in [-0.39, 0.29) is 5.97 Å². The van der Waals surface area contributed by atoms with E-state index in [1.165, 1.54) is 96.0 Å². The topological polar surface area (TPSA) is 26.3 Å². The van der Waals surface area contributed by atoms with Crippen LogP contribution in [-0.2, 0) is 9.53 Å². The molecule has 0 aromatic heterocycles. The predicted octanol–water partition coefficient (Wildman–Crippen LogP) is 6.84. The fourth-order valence-corrected chi connectivity index (χ4v) is 3.86. The number of hydrogen-bond acceptors (Lipinski definition) is 2. The summed E-state index contributed by atoms with van der Waals surface area (Å²) in [6.45, 7) is 3.92. The van der Waals surface area contributed by atoms with Crippen LogP contribution in [0.1, 0.15) is 109 Å². The van der Waals surface area contributed by atoms with Gasteiger partial charge in [-0.25, -0.2) is 4.79 Å². The number of carbonyl (C=O) groups is 1. The normalized spacial score (nSPS) is 11.6. The fourth-order valence-electron chi connectivity index (χ4n) is 3.24. The third kappa shape index (κ3) is 24.0. The lowest BCUT2D eigenvalue weighted by atomic mass is 10.0. The first kappa shape index (κ1) is 27.0. The maximum atomic E-state index is 10.9. The van der Waals surface area contributed by atoms with Crippen molar-refractivity contribution in [1.82, 2.24) is 0 Å². The van der Waals surface area contributed by atoms with Crippen molar-refractivity contribution in [2.75, 3.05) is 6.61 Å². The van der Waals surface area contributed by atoms with Crippen LogP contribution in [0.3, 0.4) is 0 Å². The number of ether oxygens (including phenoxy) is 1. The molecule has 0 aliphatic heterocycles. The molecule has 0 aliphatic carbocycles. The lowest BCUT2D eigenvalue weighted by Crippen LogP contribution is -2.11. The molecular formula is C22H42Cl2O2Si. The van der Waals surface area contributed by atoms with E-state index < -0.39 is 3.96 Å².